The van der Waals surface area contributed by atoms with Crippen LogP contribution in [0.2, 0.25) is 0 Å². The van der Waals surface area contributed by atoms with Crippen LogP contribution in [0, 0.1) is 5.92 Å². The second-order valence-electron chi connectivity index (χ2n) is 4.71. The third kappa shape index (κ3) is 2.88. The fourth-order valence-corrected chi connectivity index (χ4v) is 2.75. The van der Waals surface area contributed by atoms with E-state index < -0.39 is 6.43 Å². The first kappa shape index (κ1) is 11.3. The molecule has 0 aromatic rings. The van der Waals surface area contributed by atoms with Crippen molar-refractivity contribution in [2.75, 3.05) is 26.2 Å². The van der Waals surface area contributed by atoms with Crippen molar-refractivity contribution >= 4 is 0 Å². The summed E-state index contributed by atoms with van der Waals surface area (Å²) >= 11 is 0. The van der Waals surface area contributed by atoms with Crippen molar-refractivity contribution in [1.29, 1.82) is 0 Å². The van der Waals surface area contributed by atoms with Crippen molar-refractivity contribution in [2.24, 2.45) is 5.92 Å². The molecular formula is C11H20F2N2. The molecule has 0 spiro atoms. The number of likely N-dealkylation sites (tertiary alicyclic amines) is 1. The molecule has 2 heterocycles. The maximum atomic E-state index is 12.6. The van der Waals surface area contributed by atoms with Gasteiger partial charge in [0, 0.05) is 18.5 Å². The Labute approximate surface area is 90.0 Å². The first-order chi connectivity index (χ1) is 7.27. The van der Waals surface area contributed by atoms with Gasteiger partial charge in [0.05, 0.1) is 0 Å². The molecule has 0 unspecified atom stereocenters. The van der Waals surface area contributed by atoms with Gasteiger partial charge in [0.1, 0.15) is 0 Å². The summed E-state index contributed by atoms with van der Waals surface area (Å²) in [5.74, 6) is -0.381. The fraction of sp³-hybridized carbons (Fsp3) is 1.00. The summed E-state index contributed by atoms with van der Waals surface area (Å²) in [6, 6.07) is 0.549. The second kappa shape index (κ2) is 5.21. The van der Waals surface area contributed by atoms with Gasteiger partial charge in [-0.25, -0.2) is 8.78 Å². The third-order valence-electron chi connectivity index (χ3n) is 3.67. The Bertz CT molecular complexity index is 193. The molecule has 2 fully saturated rings. The summed E-state index contributed by atoms with van der Waals surface area (Å²) in [5.41, 5.74) is 0. The maximum absolute atomic E-state index is 12.6. The van der Waals surface area contributed by atoms with E-state index in [0.29, 0.717) is 19.0 Å². The average molecular weight is 218 g/mol. The zero-order valence-electron chi connectivity index (χ0n) is 9.09. The molecule has 0 aromatic carbocycles. The van der Waals surface area contributed by atoms with Crippen molar-refractivity contribution in [1.82, 2.24) is 10.2 Å². The van der Waals surface area contributed by atoms with Crippen LogP contribution >= 0.6 is 0 Å². The molecule has 15 heavy (non-hydrogen) atoms. The van der Waals surface area contributed by atoms with Gasteiger partial charge in [0.2, 0.25) is 6.43 Å². The average Bonchev–Trinajstić information content (AvgIpc) is 2.30. The number of alkyl halides is 2. The van der Waals surface area contributed by atoms with Crippen molar-refractivity contribution in [3.63, 3.8) is 0 Å². The number of rotatable bonds is 2. The van der Waals surface area contributed by atoms with Crippen LogP contribution in [-0.4, -0.2) is 43.5 Å². The lowest BCUT2D eigenvalue weighted by Crippen LogP contribution is -2.48. The van der Waals surface area contributed by atoms with E-state index in [-0.39, 0.29) is 5.92 Å². The molecule has 2 aliphatic heterocycles. The molecule has 2 saturated heterocycles. The normalized spacial score (nSPS) is 31.0. The van der Waals surface area contributed by atoms with Crippen LogP contribution in [0.5, 0.6) is 0 Å². The van der Waals surface area contributed by atoms with Crippen molar-refractivity contribution in [3.05, 3.63) is 0 Å². The molecule has 0 amide bonds. The number of halogens is 2. The molecule has 1 N–H and O–H groups in total. The first-order valence-corrected chi connectivity index (χ1v) is 6.00. The van der Waals surface area contributed by atoms with Crippen LogP contribution in [0.15, 0.2) is 0 Å². The minimum atomic E-state index is -2.13. The first-order valence-electron chi connectivity index (χ1n) is 6.00. The molecule has 0 aromatic heterocycles. The molecule has 0 radical (unpaired) electrons. The van der Waals surface area contributed by atoms with E-state index in [1.165, 1.54) is 0 Å². The van der Waals surface area contributed by atoms with Crippen LogP contribution in [0.4, 0.5) is 8.78 Å². The summed E-state index contributed by atoms with van der Waals surface area (Å²) in [4.78, 5) is 2.29. The number of hydrogen-bond donors (Lipinski definition) is 1. The van der Waals surface area contributed by atoms with Crippen molar-refractivity contribution in [3.8, 4) is 0 Å². The van der Waals surface area contributed by atoms with Crippen LogP contribution < -0.4 is 5.32 Å². The molecule has 2 rings (SSSR count). The van der Waals surface area contributed by atoms with Gasteiger partial charge in [-0.1, -0.05) is 0 Å². The molecule has 88 valence electrons. The van der Waals surface area contributed by atoms with Gasteiger partial charge >= 0.3 is 0 Å². The Morgan fingerprint density at radius 3 is 2.53 bits per heavy atom. The lowest BCUT2D eigenvalue weighted by molar-refractivity contribution is 0.00931. The monoisotopic (exact) mass is 218 g/mol. The molecule has 4 heteroatoms. The van der Waals surface area contributed by atoms with E-state index in [2.05, 4.69) is 10.2 Å². The molecule has 2 nitrogen and oxygen atoms in total. The van der Waals surface area contributed by atoms with E-state index >= 15 is 0 Å². The highest BCUT2D eigenvalue weighted by molar-refractivity contribution is 4.83. The van der Waals surface area contributed by atoms with Crippen molar-refractivity contribution < 1.29 is 8.78 Å². The quantitative estimate of drug-likeness (QED) is 0.759. The predicted octanol–water partition coefficient (Wildman–Crippen LogP) is 1.72. The molecule has 1 atom stereocenters. The highest BCUT2D eigenvalue weighted by Crippen LogP contribution is 2.25. The highest BCUT2D eigenvalue weighted by atomic mass is 19.3. The topological polar surface area (TPSA) is 15.3 Å². The summed E-state index contributed by atoms with van der Waals surface area (Å²) in [6.07, 6.45) is 1.76. The lowest BCUT2D eigenvalue weighted by Gasteiger charge is -2.39. The lowest BCUT2D eigenvalue weighted by atomic mass is 9.94. The number of hydrogen-bond acceptors (Lipinski definition) is 2. The van der Waals surface area contributed by atoms with Crippen LogP contribution in [0.25, 0.3) is 0 Å². The molecule has 2 aliphatic rings. The summed E-state index contributed by atoms with van der Waals surface area (Å²) in [7, 11) is 0. The summed E-state index contributed by atoms with van der Waals surface area (Å²) in [5, 5.41) is 3.31. The number of piperidine rings is 2. The van der Waals surface area contributed by atoms with E-state index in [9.17, 15) is 8.78 Å². The van der Waals surface area contributed by atoms with Gasteiger partial charge < -0.3 is 5.32 Å². The van der Waals surface area contributed by atoms with Crippen LogP contribution in [-0.2, 0) is 0 Å². The molecular weight excluding hydrogens is 198 g/mol. The zero-order chi connectivity index (χ0) is 10.7. The van der Waals surface area contributed by atoms with Gasteiger partial charge in [-0.2, -0.15) is 0 Å². The van der Waals surface area contributed by atoms with E-state index in [0.717, 1.165) is 38.9 Å². The van der Waals surface area contributed by atoms with Gasteiger partial charge in [0.15, 0.2) is 0 Å². The predicted molar refractivity (Wildman–Crippen MR) is 56.2 cm³/mol. The standard InChI is InChI=1S/C11H20F2N2/c12-11(13)9-2-1-7-15(8-9)10-3-5-14-6-4-10/h9-11,14H,1-8H2/t9-/m1/s1. The molecule has 0 saturated carbocycles. The minimum absolute atomic E-state index is 0.381. The minimum Gasteiger partial charge on any atom is -0.317 e. The van der Waals surface area contributed by atoms with Crippen LogP contribution in [0.3, 0.4) is 0 Å². The van der Waals surface area contributed by atoms with Gasteiger partial charge in [-0.15, -0.1) is 0 Å². The Morgan fingerprint density at radius 1 is 1.13 bits per heavy atom. The zero-order valence-corrected chi connectivity index (χ0v) is 9.09. The Kier molecular flexibility index (Phi) is 3.92. The highest BCUT2D eigenvalue weighted by Gasteiger charge is 2.30. The summed E-state index contributed by atoms with van der Waals surface area (Å²) < 4.78 is 25.2. The van der Waals surface area contributed by atoms with Crippen LogP contribution in [0.1, 0.15) is 25.7 Å². The largest absolute Gasteiger partial charge is 0.317 e. The fourth-order valence-electron chi connectivity index (χ4n) is 2.75. The Balaban J connectivity index is 1.85. The van der Waals surface area contributed by atoms with Crippen molar-refractivity contribution in [2.45, 2.75) is 38.2 Å². The molecule has 0 bridgehead atoms. The van der Waals surface area contributed by atoms with E-state index in [1.54, 1.807) is 0 Å². The van der Waals surface area contributed by atoms with Gasteiger partial charge in [-0.3, -0.25) is 4.90 Å². The maximum Gasteiger partial charge on any atom is 0.242 e. The van der Waals surface area contributed by atoms with E-state index in [4.69, 9.17) is 0 Å². The Morgan fingerprint density at radius 2 is 1.87 bits per heavy atom. The summed E-state index contributed by atoms with van der Waals surface area (Å²) in [6.45, 7) is 3.72. The smallest absolute Gasteiger partial charge is 0.242 e. The van der Waals surface area contributed by atoms with Gasteiger partial charge in [-0.05, 0) is 45.3 Å². The van der Waals surface area contributed by atoms with Gasteiger partial charge in [0.25, 0.3) is 0 Å². The van der Waals surface area contributed by atoms with E-state index in [1.807, 2.05) is 0 Å². The Hall–Kier alpha value is -0.220. The molecule has 0 aliphatic carbocycles. The SMILES string of the molecule is FC(F)[C@@H]1CCCN(C2CCNCC2)C1. The number of nitrogens with one attached hydrogen (secondary N) is 1. The second-order valence-corrected chi connectivity index (χ2v) is 4.71. The third-order valence-corrected chi connectivity index (χ3v) is 3.67. The number of nitrogens with zero attached hydrogens (tertiary/aromatic N) is 1.